The van der Waals surface area contributed by atoms with Gasteiger partial charge in [0.15, 0.2) is 0 Å². The predicted molar refractivity (Wildman–Crippen MR) is 129 cm³/mol. The molecule has 1 aliphatic rings. The van der Waals surface area contributed by atoms with E-state index in [0.29, 0.717) is 30.9 Å². The number of nitrogens with one attached hydrogen (secondary N) is 1. The number of fused-ring (bicyclic) bond motifs is 1. The van der Waals surface area contributed by atoms with Crippen LogP contribution in [0.1, 0.15) is 43.5 Å². The summed E-state index contributed by atoms with van der Waals surface area (Å²) in [5.74, 6) is -1.78. The number of hydrogen-bond acceptors (Lipinski definition) is 5. The minimum atomic E-state index is -1.27. The third kappa shape index (κ3) is 6.11. The molecule has 3 rings (SSSR count). The molecule has 2 aromatic rings. The molecule has 1 aliphatic heterocycles. The van der Waals surface area contributed by atoms with Crippen LogP contribution in [0.2, 0.25) is 0 Å². The van der Waals surface area contributed by atoms with E-state index in [1.807, 2.05) is 6.92 Å². The summed E-state index contributed by atoms with van der Waals surface area (Å²) in [7, 11) is 1.53. The second-order valence-electron chi connectivity index (χ2n) is 9.16. The lowest BCUT2D eigenvalue weighted by Gasteiger charge is -2.34. The van der Waals surface area contributed by atoms with Crippen LogP contribution in [0.25, 0.3) is 0 Å². The maximum Gasteiger partial charge on any atom is 0.408 e. The average molecular weight is 507 g/mol. The molecule has 0 aliphatic carbocycles. The summed E-state index contributed by atoms with van der Waals surface area (Å²) in [6.45, 7) is 6.41. The molecule has 0 saturated carbocycles. The molecule has 0 saturated heterocycles. The van der Waals surface area contributed by atoms with Crippen molar-refractivity contribution in [2.75, 3.05) is 45.4 Å². The van der Waals surface area contributed by atoms with Crippen LogP contribution in [0.3, 0.4) is 0 Å². The molecule has 1 heterocycles. The van der Waals surface area contributed by atoms with E-state index in [1.165, 1.54) is 7.11 Å². The van der Waals surface area contributed by atoms with Crippen molar-refractivity contribution in [3.8, 4) is 5.75 Å². The molecule has 2 aromatic carbocycles. The second kappa shape index (κ2) is 11.7. The van der Waals surface area contributed by atoms with Crippen molar-refractivity contribution in [1.29, 1.82) is 0 Å². The van der Waals surface area contributed by atoms with E-state index in [4.69, 9.17) is 14.2 Å². The fourth-order valence-corrected chi connectivity index (χ4v) is 4.39. The monoisotopic (exact) mass is 506 g/mol. The van der Waals surface area contributed by atoms with Crippen molar-refractivity contribution in [2.24, 2.45) is 0 Å². The molecule has 2 N–H and O–H groups in total. The third-order valence-corrected chi connectivity index (χ3v) is 6.03. The molecule has 0 unspecified atom stereocenters. The summed E-state index contributed by atoms with van der Waals surface area (Å²) >= 11 is 0. The van der Waals surface area contributed by atoms with Gasteiger partial charge in [-0.3, -0.25) is 9.69 Å². The van der Waals surface area contributed by atoms with Gasteiger partial charge in [0.05, 0.1) is 26.4 Å². The van der Waals surface area contributed by atoms with Crippen LogP contribution in [0.5, 0.6) is 5.75 Å². The maximum atomic E-state index is 15.0. The number of amides is 2. The van der Waals surface area contributed by atoms with Gasteiger partial charge in [-0.1, -0.05) is 19.9 Å². The number of methoxy groups -OCH3 is 1. The molecule has 196 valence electrons. The standard InChI is InChI=1S/C26H32F2N2O6/c1-5-36-18-6-7-19-16(12-18)8-9-30(25(32)33)23(19)24(31)29-17-13-20(27)22(21(28)14-17)26(2,3)15-35-11-10-34-4/h6-7,12-14,23H,5,8-11,15H2,1-4H3,(H,29,31)(H,32,33)/t23-/m1/s1. The smallest absolute Gasteiger partial charge is 0.408 e. The van der Waals surface area contributed by atoms with Crippen LogP contribution in [0.15, 0.2) is 30.3 Å². The topological polar surface area (TPSA) is 97.3 Å². The number of rotatable bonds is 10. The molecule has 2 amide bonds. The highest BCUT2D eigenvalue weighted by Crippen LogP contribution is 2.35. The Labute approximate surface area is 209 Å². The van der Waals surface area contributed by atoms with Gasteiger partial charge >= 0.3 is 6.09 Å². The lowest BCUT2D eigenvalue weighted by Crippen LogP contribution is -2.44. The SMILES string of the molecule is CCOc1ccc2c(c1)CCN(C(=O)O)[C@H]2C(=O)Nc1cc(F)c(C(C)(C)COCCOC)c(F)c1. The first-order valence-electron chi connectivity index (χ1n) is 11.7. The first-order chi connectivity index (χ1) is 17.1. The van der Waals surface area contributed by atoms with E-state index >= 15 is 8.78 Å². The number of benzene rings is 2. The van der Waals surface area contributed by atoms with Gasteiger partial charge in [-0.2, -0.15) is 0 Å². The molecule has 0 spiro atoms. The molecule has 36 heavy (non-hydrogen) atoms. The molecule has 0 aromatic heterocycles. The van der Waals surface area contributed by atoms with Crippen LogP contribution < -0.4 is 10.1 Å². The Kier molecular flexibility index (Phi) is 8.86. The molecule has 8 nitrogen and oxygen atoms in total. The first kappa shape index (κ1) is 27.3. The number of nitrogens with zero attached hydrogens (tertiary/aromatic N) is 1. The molecule has 0 bridgehead atoms. The molecule has 1 atom stereocenters. The Balaban J connectivity index is 1.85. The number of ether oxygens (including phenoxy) is 3. The minimum absolute atomic E-state index is 0.0616. The number of hydrogen-bond donors (Lipinski definition) is 2. The zero-order valence-corrected chi connectivity index (χ0v) is 20.9. The number of halogens is 2. The number of carbonyl (C=O) groups is 2. The summed E-state index contributed by atoms with van der Waals surface area (Å²) in [5, 5.41) is 12.2. The van der Waals surface area contributed by atoms with Crippen LogP contribution >= 0.6 is 0 Å². The van der Waals surface area contributed by atoms with Crippen molar-refractivity contribution in [3.63, 3.8) is 0 Å². The summed E-state index contributed by atoms with van der Waals surface area (Å²) in [4.78, 5) is 26.1. The van der Waals surface area contributed by atoms with E-state index in [2.05, 4.69) is 5.32 Å². The number of anilines is 1. The average Bonchev–Trinajstić information content (AvgIpc) is 2.80. The van der Waals surface area contributed by atoms with E-state index in [0.717, 1.165) is 22.6 Å². The van der Waals surface area contributed by atoms with Crippen molar-refractivity contribution >= 4 is 17.7 Å². The van der Waals surface area contributed by atoms with Gasteiger partial charge in [-0.15, -0.1) is 0 Å². The fourth-order valence-electron chi connectivity index (χ4n) is 4.39. The normalized spacial score (nSPS) is 15.4. The third-order valence-electron chi connectivity index (χ3n) is 6.03. The fraction of sp³-hybridized carbons (Fsp3) is 0.462. The zero-order valence-electron chi connectivity index (χ0n) is 20.9. The largest absolute Gasteiger partial charge is 0.494 e. The van der Waals surface area contributed by atoms with Crippen LogP contribution in [-0.4, -0.2) is 62.1 Å². The molecule has 10 heteroatoms. The van der Waals surface area contributed by atoms with Gasteiger partial charge in [0, 0.05) is 30.3 Å². The first-order valence-corrected chi connectivity index (χ1v) is 11.7. The van der Waals surface area contributed by atoms with Gasteiger partial charge in [0.25, 0.3) is 5.91 Å². The molecular weight excluding hydrogens is 474 g/mol. The quantitative estimate of drug-likeness (QED) is 0.460. The van der Waals surface area contributed by atoms with E-state index < -0.39 is 35.1 Å². The van der Waals surface area contributed by atoms with Crippen molar-refractivity contribution in [3.05, 3.63) is 58.7 Å². The van der Waals surface area contributed by atoms with Crippen molar-refractivity contribution < 1.29 is 37.7 Å². The number of carboxylic acid groups (broad SMARTS) is 1. The van der Waals surface area contributed by atoms with Gasteiger partial charge < -0.3 is 24.6 Å². The summed E-state index contributed by atoms with van der Waals surface area (Å²) < 4.78 is 46.0. The predicted octanol–water partition coefficient (Wildman–Crippen LogP) is 4.52. The van der Waals surface area contributed by atoms with Crippen LogP contribution in [0.4, 0.5) is 19.3 Å². The molecule has 0 radical (unpaired) electrons. The second-order valence-corrected chi connectivity index (χ2v) is 9.16. The highest BCUT2D eigenvalue weighted by molar-refractivity contribution is 5.97. The Morgan fingerprint density at radius 3 is 2.47 bits per heavy atom. The lowest BCUT2D eigenvalue weighted by atomic mass is 9.84. The Morgan fingerprint density at radius 2 is 1.86 bits per heavy atom. The van der Waals surface area contributed by atoms with Gasteiger partial charge in [0.2, 0.25) is 0 Å². The van der Waals surface area contributed by atoms with Gasteiger partial charge in [-0.25, -0.2) is 13.6 Å². The molecule has 0 fully saturated rings. The van der Waals surface area contributed by atoms with E-state index in [1.54, 1.807) is 32.0 Å². The Bertz CT molecular complexity index is 1080. The Morgan fingerprint density at radius 1 is 1.17 bits per heavy atom. The van der Waals surface area contributed by atoms with Gasteiger partial charge in [0.1, 0.15) is 23.4 Å². The van der Waals surface area contributed by atoms with Crippen LogP contribution in [0, 0.1) is 11.6 Å². The van der Waals surface area contributed by atoms with Crippen molar-refractivity contribution in [2.45, 2.75) is 38.6 Å². The minimum Gasteiger partial charge on any atom is -0.494 e. The zero-order chi connectivity index (χ0) is 26.5. The van der Waals surface area contributed by atoms with Gasteiger partial charge in [-0.05, 0) is 48.7 Å². The number of carbonyl (C=O) groups excluding carboxylic acids is 1. The maximum absolute atomic E-state index is 15.0. The van der Waals surface area contributed by atoms with E-state index in [9.17, 15) is 14.7 Å². The highest BCUT2D eigenvalue weighted by atomic mass is 19.1. The van der Waals surface area contributed by atoms with Crippen molar-refractivity contribution in [1.82, 2.24) is 4.90 Å². The summed E-state index contributed by atoms with van der Waals surface area (Å²) in [6, 6.07) is 5.97. The summed E-state index contributed by atoms with van der Waals surface area (Å²) in [5.41, 5.74) is 0.0123. The molecular formula is C26H32F2N2O6. The summed E-state index contributed by atoms with van der Waals surface area (Å²) in [6.07, 6.45) is -0.858. The van der Waals surface area contributed by atoms with Crippen LogP contribution in [-0.2, 0) is 26.1 Å². The Hall–Kier alpha value is -3.24. The lowest BCUT2D eigenvalue weighted by molar-refractivity contribution is -0.121. The van der Waals surface area contributed by atoms with E-state index in [-0.39, 0.29) is 31.0 Å². The highest BCUT2D eigenvalue weighted by Gasteiger charge is 2.37.